The highest BCUT2D eigenvalue weighted by molar-refractivity contribution is 9.10. The van der Waals surface area contributed by atoms with E-state index in [1.165, 1.54) is 25.4 Å². The second-order valence-electron chi connectivity index (χ2n) is 3.86. The van der Waals surface area contributed by atoms with E-state index >= 15 is 0 Å². The summed E-state index contributed by atoms with van der Waals surface area (Å²) in [6.45, 7) is 0.104. The lowest BCUT2D eigenvalue weighted by atomic mass is 10.4. The molecule has 0 amide bonds. The summed E-state index contributed by atoms with van der Waals surface area (Å²) in [6, 6.07) is 5.81. The van der Waals surface area contributed by atoms with Crippen LogP contribution in [0.15, 0.2) is 49.2 Å². The Morgan fingerprint density at radius 2 is 2.05 bits per heavy atom. The summed E-state index contributed by atoms with van der Waals surface area (Å²) in [5, 5.41) is 0. The molecule has 0 fully saturated rings. The Morgan fingerprint density at radius 1 is 1.32 bits per heavy atom. The Bertz CT molecular complexity index is 715. The Morgan fingerprint density at radius 3 is 2.58 bits per heavy atom. The number of nitrogens with zero attached hydrogens (tertiary/aromatic N) is 1. The van der Waals surface area contributed by atoms with Crippen molar-refractivity contribution in [2.24, 2.45) is 0 Å². The van der Waals surface area contributed by atoms with Gasteiger partial charge in [0.05, 0.1) is 11.4 Å². The molecule has 0 radical (unpaired) electrons. The Kier molecular flexibility index (Phi) is 3.93. The maximum absolute atomic E-state index is 12.2. The van der Waals surface area contributed by atoms with Crippen molar-refractivity contribution in [2.45, 2.75) is 11.4 Å². The van der Waals surface area contributed by atoms with E-state index in [1.807, 2.05) is 0 Å². The minimum absolute atomic E-state index is 0.0280. The number of aromatic amines is 1. The van der Waals surface area contributed by atoms with Crippen molar-refractivity contribution in [3.63, 3.8) is 0 Å². The van der Waals surface area contributed by atoms with Crippen molar-refractivity contribution in [3.8, 4) is 0 Å². The molecule has 0 unspecified atom stereocenters. The lowest BCUT2D eigenvalue weighted by Gasteiger charge is -2.15. The molecule has 0 saturated heterocycles. The minimum Gasteiger partial charge on any atom is -0.453 e. The molecule has 102 valence electrons. The van der Waals surface area contributed by atoms with Crippen molar-refractivity contribution in [1.82, 2.24) is 9.29 Å². The molecule has 0 aliphatic rings. The number of nitrogens with one attached hydrogen (secondary N) is 1. The second kappa shape index (κ2) is 5.32. The average molecular weight is 347 g/mol. The van der Waals surface area contributed by atoms with Gasteiger partial charge in [0.1, 0.15) is 5.76 Å². The minimum atomic E-state index is -3.66. The van der Waals surface area contributed by atoms with E-state index in [0.29, 0.717) is 10.4 Å². The highest BCUT2D eigenvalue weighted by Gasteiger charge is 2.22. The number of hydrogen-bond acceptors (Lipinski definition) is 4. The van der Waals surface area contributed by atoms with Gasteiger partial charge in [-0.1, -0.05) is 0 Å². The first kappa shape index (κ1) is 14.0. The topological polar surface area (TPSA) is 83.4 Å². The first-order chi connectivity index (χ1) is 8.89. The third-order valence-electron chi connectivity index (χ3n) is 2.47. The maximum atomic E-state index is 12.2. The van der Waals surface area contributed by atoms with Crippen LogP contribution < -0.4 is 5.56 Å². The highest BCUT2D eigenvalue weighted by Crippen LogP contribution is 2.18. The SMILES string of the molecule is CN(Cc1ccc(Br)o1)S(=O)(=O)c1ccc(=O)[nH]c1. The van der Waals surface area contributed by atoms with Gasteiger partial charge in [0, 0.05) is 19.3 Å². The average Bonchev–Trinajstić information content (AvgIpc) is 2.75. The van der Waals surface area contributed by atoms with Crippen molar-refractivity contribution in [1.29, 1.82) is 0 Å². The monoisotopic (exact) mass is 346 g/mol. The zero-order valence-electron chi connectivity index (χ0n) is 9.96. The molecule has 2 aromatic rings. The molecule has 0 saturated carbocycles. The zero-order chi connectivity index (χ0) is 14.0. The third-order valence-corrected chi connectivity index (χ3v) is 4.70. The molecular weight excluding hydrogens is 336 g/mol. The van der Waals surface area contributed by atoms with E-state index < -0.39 is 10.0 Å². The summed E-state index contributed by atoms with van der Waals surface area (Å²) >= 11 is 3.15. The third kappa shape index (κ3) is 3.14. The van der Waals surface area contributed by atoms with Gasteiger partial charge in [0.2, 0.25) is 15.6 Å². The molecule has 6 nitrogen and oxygen atoms in total. The van der Waals surface area contributed by atoms with E-state index in [4.69, 9.17) is 4.42 Å². The summed E-state index contributed by atoms with van der Waals surface area (Å²) in [5.41, 5.74) is -0.350. The molecule has 0 aliphatic heterocycles. The lowest BCUT2D eigenvalue weighted by molar-refractivity contribution is 0.398. The van der Waals surface area contributed by atoms with E-state index in [2.05, 4.69) is 20.9 Å². The molecule has 1 N–H and O–H groups in total. The van der Waals surface area contributed by atoms with Crippen LogP contribution >= 0.6 is 15.9 Å². The molecule has 8 heteroatoms. The van der Waals surface area contributed by atoms with Crippen LogP contribution in [0.1, 0.15) is 5.76 Å². The summed E-state index contributed by atoms with van der Waals surface area (Å²) in [7, 11) is -2.22. The Labute approximate surface area is 118 Å². The van der Waals surface area contributed by atoms with Crippen LogP contribution in [-0.2, 0) is 16.6 Å². The summed E-state index contributed by atoms with van der Waals surface area (Å²) in [5.74, 6) is 0.516. The molecule has 0 spiro atoms. The predicted molar refractivity (Wildman–Crippen MR) is 72.1 cm³/mol. The van der Waals surface area contributed by atoms with Crippen molar-refractivity contribution in [2.75, 3.05) is 7.05 Å². The van der Waals surface area contributed by atoms with Crippen LogP contribution in [0.4, 0.5) is 0 Å². The first-order valence-corrected chi connectivity index (χ1v) is 7.52. The van der Waals surface area contributed by atoms with Gasteiger partial charge in [-0.25, -0.2) is 8.42 Å². The van der Waals surface area contributed by atoms with Gasteiger partial charge in [-0.15, -0.1) is 0 Å². The number of halogens is 1. The Balaban J connectivity index is 2.24. The molecule has 2 heterocycles. The number of pyridine rings is 1. The molecule has 2 rings (SSSR count). The van der Waals surface area contributed by atoms with Crippen molar-refractivity contribution < 1.29 is 12.8 Å². The first-order valence-electron chi connectivity index (χ1n) is 5.29. The Hall–Kier alpha value is -1.38. The quantitative estimate of drug-likeness (QED) is 0.910. The van der Waals surface area contributed by atoms with E-state index in [9.17, 15) is 13.2 Å². The molecule has 2 aromatic heterocycles. The van der Waals surface area contributed by atoms with Crippen LogP contribution in [0, 0.1) is 0 Å². The van der Waals surface area contributed by atoms with Crippen LogP contribution in [-0.4, -0.2) is 24.8 Å². The number of hydrogen-bond donors (Lipinski definition) is 1. The lowest BCUT2D eigenvalue weighted by Crippen LogP contribution is -2.26. The van der Waals surface area contributed by atoms with E-state index in [1.54, 1.807) is 12.1 Å². The fourth-order valence-electron chi connectivity index (χ4n) is 1.48. The van der Waals surface area contributed by atoms with Crippen LogP contribution in [0.2, 0.25) is 0 Å². The molecule has 0 atom stereocenters. The largest absolute Gasteiger partial charge is 0.453 e. The number of sulfonamides is 1. The summed E-state index contributed by atoms with van der Waals surface area (Å²) in [4.78, 5) is 13.3. The van der Waals surface area contributed by atoms with Gasteiger partial charge in [0.15, 0.2) is 4.67 Å². The predicted octanol–water partition coefficient (Wildman–Crippen LogP) is 1.55. The number of H-pyrrole nitrogens is 1. The standard InChI is InChI=1S/C11H11BrN2O4S/c1-14(7-8-2-4-10(12)18-8)19(16,17)9-3-5-11(15)13-6-9/h2-6H,7H2,1H3,(H,13,15). The van der Waals surface area contributed by atoms with E-state index in [-0.39, 0.29) is 17.0 Å². The van der Waals surface area contributed by atoms with Gasteiger partial charge < -0.3 is 9.40 Å². The van der Waals surface area contributed by atoms with Gasteiger partial charge in [-0.3, -0.25) is 4.79 Å². The molecule has 0 aromatic carbocycles. The second-order valence-corrected chi connectivity index (χ2v) is 6.68. The van der Waals surface area contributed by atoms with Gasteiger partial charge in [-0.05, 0) is 34.1 Å². The summed E-state index contributed by atoms with van der Waals surface area (Å²) < 4.78 is 31.4. The maximum Gasteiger partial charge on any atom is 0.247 e. The number of rotatable bonds is 4. The van der Waals surface area contributed by atoms with E-state index in [0.717, 1.165) is 4.31 Å². The highest BCUT2D eigenvalue weighted by atomic mass is 79.9. The smallest absolute Gasteiger partial charge is 0.247 e. The number of aromatic nitrogens is 1. The normalized spacial score (nSPS) is 11.9. The zero-order valence-corrected chi connectivity index (χ0v) is 12.4. The van der Waals surface area contributed by atoms with Crippen LogP contribution in [0.5, 0.6) is 0 Å². The molecule has 19 heavy (non-hydrogen) atoms. The fourth-order valence-corrected chi connectivity index (χ4v) is 2.92. The van der Waals surface area contributed by atoms with Crippen molar-refractivity contribution >= 4 is 26.0 Å². The fraction of sp³-hybridized carbons (Fsp3) is 0.182. The van der Waals surface area contributed by atoms with Crippen LogP contribution in [0.25, 0.3) is 0 Å². The van der Waals surface area contributed by atoms with Crippen molar-refractivity contribution in [3.05, 3.63) is 51.2 Å². The van der Waals surface area contributed by atoms with Gasteiger partial charge in [0.25, 0.3) is 0 Å². The molecule has 0 bridgehead atoms. The van der Waals surface area contributed by atoms with Crippen LogP contribution in [0.3, 0.4) is 0 Å². The summed E-state index contributed by atoms with van der Waals surface area (Å²) in [6.07, 6.45) is 1.17. The number of furan rings is 1. The molecular formula is C11H11BrN2O4S. The van der Waals surface area contributed by atoms with Gasteiger partial charge in [-0.2, -0.15) is 4.31 Å². The van der Waals surface area contributed by atoms with Gasteiger partial charge >= 0.3 is 0 Å². The molecule has 0 aliphatic carbocycles.